The number of hydrogen-bond acceptors (Lipinski definition) is 1. The van der Waals surface area contributed by atoms with Gasteiger partial charge in [-0.25, -0.2) is 0 Å². The molecule has 0 N–H and O–H groups in total. The van der Waals surface area contributed by atoms with Crippen molar-refractivity contribution in [1.29, 1.82) is 0 Å². The van der Waals surface area contributed by atoms with Crippen LogP contribution in [0.1, 0.15) is 13.8 Å². The van der Waals surface area contributed by atoms with Crippen LogP contribution in [0.2, 0.25) is 0 Å². The number of benzene rings is 1. The lowest BCUT2D eigenvalue weighted by Gasteiger charge is -2.22. The van der Waals surface area contributed by atoms with E-state index in [0.717, 1.165) is 22.7 Å². The second-order valence-electron chi connectivity index (χ2n) is 3.81. The lowest BCUT2D eigenvalue weighted by atomic mass is 10.2. The summed E-state index contributed by atoms with van der Waals surface area (Å²) < 4.78 is 8.07. The van der Waals surface area contributed by atoms with Crippen LogP contribution in [0.4, 0.5) is 0 Å². The quantitative estimate of drug-likeness (QED) is 0.646. The first-order valence-corrected chi connectivity index (χ1v) is 5.46. The van der Waals surface area contributed by atoms with E-state index in [9.17, 15) is 0 Å². The zero-order valence-corrected chi connectivity index (χ0v) is 9.40. The molecule has 3 rings (SSSR count). The van der Waals surface area contributed by atoms with Gasteiger partial charge in [0.15, 0.2) is 5.75 Å². The lowest BCUT2D eigenvalue weighted by molar-refractivity contribution is 0.438. The molecule has 0 fully saturated rings. The largest absolute Gasteiger partial charge is 0.453 e. The summed E-state index contributed by atoms with van der Waals surface area (Å²) >= 11 is 0. The van der Waals surface area contributed by atoms with Gasteiger partial charge in [-0.3, -0.25) is 0 Å². The molecule has 0 unspecified atom stereocenters. The highest BCUT2D eigenvalue weighted by Gasteiger charge is 2.20. The van der Waals surface area contributed by atoms with Crippen molar-refractivity contribution >= 4 is 16.6 Å². The van der Waals surface area contributed by atoms with Crippen LogP contribution in [-0.2, 0) is 0 Å². The van der Waals surface area contributed by atoms with Crippen molar-refractivity contribution < 1.29 is 4.74 Å². The zero-order chi connectivity index (χ0) is 11.1. The van der Waals surface area contributed by atoms with Crippen molar-refractivity contribution in [3.63, 3.8) is 0 Å². The Hall–Kier alpha value is -1.96. The van der Waals surface area contributed by atoms with Crippen LogP contribution in [0, 0.1) is 0 Å². The van der Waals surface area contributed by atoms with Crippen LogP contribution in [-0.4, -0.2) is 4.57 Å². The summed E-state index contributed by atoms with van der Waals surface area (Å²) in [5.41, 5.74) is 2.26. The number of para-hydroxylation sites is 1. The first kappa shape index (κ1) is 9.28. The van der Waals surface area contributed by atoms with Crippen LogP contribution in [0.3, 0.4) is 0 Å². The summed E-state index contributed by atoms with van der Waals surface area (Å²) in [6, 6.07) is 8.25. The first-order valence-electron chi connectivity index (χ1n) is 5.46. The van der Waals surface area contributed by atoms with Crippen molar-refractivity contribution in [1.82, 2.24) is 4.57 Å². The Balaban J connectivity index is 2.41. The van der Waals surface area contributed by atoms with Crippen molar-refractivity contribution in [2.45, 2.75) is 13.8 Å². The Kier molecular flexibility index (Phi) is 1.90. The van der Waals surface area contributed by atoms with Crippen molar-refractivity contribution in [3.8, 4) is 5.75 Å². The molecule has 0 saturated heterocycles. The summed E-state index contributed by atoms with van der Waals surface area (Å²) in [6.07, 6.45) is 6.16. The summed E-state index contributed by atoms with van der Waals surface area (Å²) in [4.78, 5) is 0. The minimum atomic E-state index is 0.915. The fourth-order valence-electron chi connectivity index (χ4n) is 2.22. The molecule has 1 aromatic heterocycles. The monoisotopic (exact) mass is 211 g/mol. The molecule has 80 valence electrons. The van der Waals surface area contributed by atoms with Gasteiger partial charge in [-0.05, 0) is 32.1 Å². The summed E-state index contributed by atoms with van der Waals surface area (Å²) in [6.45, 7) is 4.02. The molecule has 2 nitrogen and oxygen atoms in total. The van der Waals surface area contributed by atoms with E-state index < -0.39 is 0 Å². The predicted octanol–water partition coefficient (Wildman–Crippen LogP) is 3.80. The van der Waals surface area contributed by atoms with Crippen molar-refractivity contribution in [2.75, 3.05) is 0 Å². The molecular weight excluding hydrogens is 198 g/mol. The highest BCUT2D eigenvalue weighted by molar-refractivity contribution is 5.92. The van der Waals surface area contributed by atoms with Gasteiger partial charge in [-0.15, -0.1) is 0 Å². The average molecular weight is 211 g/mol. The van der Waals surface area contributed by atoms with Crippen molar-refractivity contribution in [3.05, 3.63) is 48.4 Å². The molecule has 0 radical (unpaired) electrons. The zero-order valence-electron chi connectivity index (χ0n) is 9.40. The highest BCUT2D eigenvalue weighted by atomic mass is 16.5. The number of rotatable bonds is 0. The second kappa shape index (κ2) is 3.27. The van der Waals surface area contributed by atoms with E-state index in [2.05, 4.69) is 29.0 Å². The van der Waals surface area contributed by atoms with E-state index in [4.69, 9.17) is 4.74 Å². The average Bonchev–Trinajstić information content (AvgIpc) is 2.75. The summed E-state index contributed by atoms with van der Waals surface area (Å²) in [7, 11) is 0. The van der Waals surface area contributed by atoms with Gasteiger partial charge in [-0.1, -0.05) is 18.2 Å². The molecule has 0 saturated carbocycles. The fraction of sp³-hybridized carbons (Fsp3) is 0.143. The number of hydrogen-bond donors (Lipinski definition) is 0. The third-order valence-electron chi connectivity index (χ3n) is 2.94. The van der Waals surface area contributed by atoms with Gasteiger partial charge in [-0.2, -0.15) is 0 Å². The molecule has 2 heteroatoms. The molecule has 2 aromatic rings. The molecule has 0 bridgehead atoms. The Morgan fingerprint density at radius 1 is 1.12 bits per heavy atom. The predicted molar refractivity (Wildman–Crippen MR) is 66.3 cm³/mol. The Bertz CT molecular complexity index is 617. The first-order chi connectivity index (χ1) is 7.85. The van der Waals surface area contributed by atoms with Crippen LogP contribution in [0.25, 0.3) is 16.6 Å². The van der Waals surface area contributed by atoms with Gasteiger partial charge in [0.05, 0.1) is 11.2 Å². The van der Waals surface area contributed by atoms with Crippen LogP contribution >= 0.6 is 0 Å². The summed E-state index contributed by atoms with van der Waals surface area (Å²) in [5.74, 6) is 1.85. The molecular formula is C14H13NO. The Morgan fingerprint density at radius 2 is 2.00 bits per heavy atom. The molecule has 0 amide bonds. The van der Waals surface area contributed by atoms with Gasteiger partial charge in [0.2, 0.25) is 0 Å². The van der Waals surface area contributed by atoms with Crippen LogP contribution < -0.4 is 4.74 Å². The lowest BCUT2D eigenvalue weighted by Crippen LogP contribution is -2.10. The fourth-order valence-corrected chi connectivity index (χ4v) is 2.22. The SMILES string of the molecule is C/C=C1/Oc2cccc3ccn(c23)/C1=C/C. The van der Waals surface area contributed by atoms with E-state index in [0.29, 0.717) is 0 Å². The molecule has 1 aromatic carbocycles. The number of allylic oxidation sites excluding steroid dienone is 3. The smallest absolute Gasteiger partial charge is 0.152 e. The van der Waals surface area contributed by atoms with E-state index in [1.807, 2.05) is 32.1 Å². The van der Waals surface area contributed by atoms with Gasteiger partial charge < -0.3 is 9.30 Å². The van der Waals surface area contributed by atoms with Crippen molar-refractivity contribution in [2.24, 2.45) is 0 Å². The van der Waals surface area contributed by atoms with Gasteiger partial charge >= 0.3 is 0 Å². The van der Waals surface area contributed by atoms with Gasteiger partial charge in [0.1, 0.15) is 5.76 Å². The maximum atomic E-state index is 5.89. The normalized spacial score (nSPS) is 19.4. The number of aromatic nitrogens is 1. The topological polar surface area (TPSA) is 14.2 Å². The van der Waals surface area contributed by atoms with E-state index in [1.54, 1.807) is 0 Å². The second-order valence-corrected chi connectivity index (χ2v) is 3.81. The Morgan fingerprint density at radius 3 is 2.75 bits per heavy atom. The van der Waals surface area contributed by atoms with E-state index >= 15 is 0 Å². The maximum Gasteiger partial charge on any atom is 0.152 e. The number of nitrogens with zero attached hydrogens (tertiary/aromatic N) is 1. The third kappa shape index (κ3) is 1.07. The maximum absolute atomic E-state index is 5.89. The number of ether oxygens (including phenoxy) is 1. The molecule has 0 atom stereocenters. The Labute approximate surface area is 94.5 Å². The van der Waals surface area contributed by atoms with Crippen LogP contribution in [0.15, 0.2) is 48.4 Å². The molecule has 16 heavy (non-hydrogen) atoms. The van der Waals surface area contributed by atoms with Gasteiger partial charge in [0, 0.05) is 11.6 Å². The van der Waals surface area contributed by atoms with Gasteiger partial charge in [0.25, 0.3) is 0 Å². The molecule has 1 aliphatic rings. The minimum Gasteiger partial charge on any atom is -0.453 e. The molecule has 0 aliphatic carbocycles. The standard InChI is InChI=1S/C14H13NO/c1-3-11-12(4-2)16-13-7-5-6-10-8-9-15(11)14(10)13/h3-9H,1-2H3/b11-3+,12-4+. The summed E-state index contributed by atoms with van der Waals surface area (Å²) in [5, 5.41) is 1.21. The van der Waals surface area contributed by atoms with E-state index in [-0.39, 0.29) is 0 Å². The molecule has 0 spiro atoms. The van der Waals surface area contributed by atoms with E-state index in [1.165, 1.54) is 5.39 Å². The van der Waals surface area contributed by atoms with Crippen LogP contribution in [0.5, 0.6) is 5.75 Å². The minimum absolute atomic E-state index is 0.915. The molecule has 2 heterocycles. The molecule has 1 aliphatic heterocycles. The highest BCUT2D eigenvalue weighted by Crippen LogP contribution is 2.37. The third-order valence-corrected chi connectivity index (χ3v) is 2.94.